The maximum absolute atomic E-state index is 14.3. The largest absolute Gasteiger partial charge is 0.507 e. The highest BCUT2D eigenvalue weighted by atomic mass is 16.3. The van der Waals surface area contributed by atoms with Crippen LogP contribution in [0.5, 0.6) is 5.75 Å². The van der Waals surface area contributed by atoms with E-state index in [1.807, 2.05) is 70.2 Å². The first-order valence-electron chi connectivity index (χ1n) is 26.1. The summed E-state index contributed by atoms with van der Waals surface area (Å²) >= 11 is 0. The number of phenolic OH excluding ortho intramolecular Hbond substituents is 1. The number of aliphatic hydroxyl groups is 1. The minimum absolute atomic E-state index is 0.0454. The Hall–Kier alpha value is -5.27. The van der Waals surface area contributed by atoms with E-state index >= 15 is 0 Å². The summed E-state index contributed by atoms with van der Waals surface area (Å²) in [6.45, 7) is 19.1. The number of carbonyl (C=O) groups excluding carboxylic acids is 3. The molecule has 15 nitrogen and oxygen atoms in total. The second-order valence-corrected chi connectivity index (χ2v) is 22.4. The molecule has 1 aromatic heterocycles. The van der Waals surface area contributed by atoms with Crippen LogP contribution in [0.25, 0.3) is 11.3 Å². The number of rotatable bonds is 13. The number of hydrogen-bond donors (Lipinski definition) is 5. The lowest BCUT2D eigenvalue weighted by Gasteiger charge is -2.60. The topological polar surface area (TPSA) is 170 Å². The molecule has 4 atom stereocenters. The lowest BCUT2D eigenvalue weighted by Crippen LogP contribution is -2.62. The van der Waals surface area contributed by atoms with Crippen LogP contribution in [0.2, 0.25) is 0 Å². The lowest BCUT2D eigenvalue weighted by atomic mass is 9.49. The Morgan fingerprint density at radius 3 is 2.03 bits per heavy atom. The minimum atomic E-state index is -0.838. The zero-order chi connectivity index (χ0) is 49.3. The van der Waals surface area contributed by atoms with Gasteiger partial charge in [0.15, 0.2) is 5.82 Å². The first-order chi connectivity index (χ1) is 33.6. The number of aliphatic hydroxyl groups excluding tert-OH is 1. The van der Waals surface area contributed by atoms with Crippen LogP contribution >= 0.6 is 0 Å². The quantitative estimate of drug-likeness (QED) is 0.142. The summed E-state index contributed by atoms with van der Waals surface area (Å²) in [6, 6.07) is 16.6. The molecule has 3 aromatic rings. The Bertz CT molecular complexity index is 2360. The van der Waals surface area contributed by atoms with Gasteiger partial charge in [-0.15, -0.1) is 16.6 Å². The number of β-amino-alcohol motifs (C(OH)–C–C–N with tert-alkyl or cyclic N) is 1. The van der Waals surface area contributed by atoms with Crippen LogP contribution in [-0.2, 0) is 14.4 Å². The molecular weight excluding hydrogens is 881 g/mol. The first kappa shape index (κ1) is 49.7. The summed E-state index contributed by atoms with van der Waals surface area (Å²) in [6.07, 6.45) is 13.7. The SMILES string of the molecule is C#Cc1ccc([C@H](C)NC(=O)[C@@H]2C[C@@H](O)CN2C(=O)[C@@H](NC(=O)[C@H]2CC3(C2)C[C@H](N2CCC(N4CCC(N5CCN(c6cc(-c7ccccc7O)nnc6NCC)CC5)CC4)CC2)C3)C(C)(C)C)cc1. The summed E-state index contributed by atoms with van der Waals surface area (Å²) in [5, 5.41) is 39.7. The molecule has 2 aliphatic carbocycles. The van der Waals surface area contributed by atoms with Crippen molar-refractivity contribution in [2.75, 3.05) is 75.7 Å². The number of hydrogen-bond acceptors (Lipinski definition) is 12. The molecule has 5 N–H and O–H groups in total. The van der Waals surface area contributed by atoms with Gasteiger partial charge in [-0.05, 0) is 138 Å². The van der Waals surface area contributed by atoms with Crippen LogP contribution in [0, 0.1) is 29.1 Å². The number of aromatic hydroxyl groups is 1. The van der Waals surface area contributed by atoms with Gasteiger partial charge in [-0.25, -0.2) is 0 Å². The fourth-order valence-corrected chi connectivity index (χ4v) is 12.6. The molecule has 70 heavy (non-hydrogen) atoms. The monoisotopic (exact) mass is 957 g/mol. The molecule has 0 radical (unpaired) electrons. The van der Waals surface area contributed by atoms with Crippen molar-refractivity contribution < 1.29 is 24.6 Å². The summed E-state index contributed by atoms with van der Waals surface area (Å²) in [5.41, 5.74) is 3.67. The number of amides is 3. The van der Waals surface area contributed by atoms with Crippen LogP contribution in [0.15, 0.2) is 54.6 Å². The second-order valence-electron chi connectivity index (χ2n) is 22.4. The molecule has 9 rings (SSSR count). The fraction of sp³-hybridized carbons (Fsp3) is 0.618. The van der Waals surface area contributed by atoms with Crippen LogP contribution in [0.1, 0.15) is 110 Å². The molecule has 2 saturated carbocycles. The highest BCUT2D eigenvalue weighted by Gasteiger charge is 2.57. The third kappa shape index (κ3) is 10.7. The number of terminal acetylenes is 1. The van der Waals surface area contributed by atoms with Gasteiger partial charge < -0.3 is 45.8 Å². The van der Waals surface area contributed by atoms with Gasteiger partial charge in [-0.3, -0.25) is 19.3 Å². The van der Waals surface area contributed by atoms with E-state index in [1.165, 1.54) is 30.6 Å². The zero-order valence-electron chi connectivity index (χ0n) is 42.1. The predicted molar refractivity (Wildman–Crippen MR) is 273 cm³/mol. The Labute approximate surface area is 415 Å². The number of piperazine rings is 1. The van der Waals surface area contributed by atoms with Crippen LogP contribution in [0.4, 0.5) is 11.5 Å². The van der Waals surface area contributed by atoms with Gasteiger partial charge in [0.1, 0.15) is 17.8 Å². The third-order valence-electron chi connectivity index (χ3n) is 16.8. The van der Waals surface area contributed by atoms with Crippen molar-refractivity contribution >= 4 is 29.2 Å². The van der Waals surface area contributed by atoms with Gasteiger partial charge in [0.2, 0.25) is 17.7 Å². The van der Waals surface area contributed by atoms with E-state index in [0.717, 1.165) is 107 Å². The van der Waals surface area contributed by atoms with Gasteiger partial charge in [-0.1, -0.05) is 51.0 Å². The predicted octanol–water partition coefficient (Wildman–Crippen LogP) is 5.24. The number of carbonyl (C=O) groups is 3. The number of anilines is 2. The van der Waals surface area contributed by atoms with Gasteiger partial charge >= 0.3 is 0 Å². The molecule has 15 heteroatoms. The molecule has 0 unspecified atom stereocenters. The van der Waals surface area contributed by atoms with Gasteiger partial charge in [0.25, 0.3) is 0 Å². The molecule has 0 bridgehead atoms. The second kappa shape index (κ2) is 20.8. The van der Waals surface area contributed by atoms with Gasteiger partial charge in [0.05, 0.1) is 23.5 Å². The Morgan fingerprint density at radius 1 is 0.814 bits per heavy atom. The minimum Gasteiger partial charge on any atom is -0.507 e. The highest BCUT2D eigenvalue weighted by molar-refractivity contribution is 5.94. The van der Waals surface area contributed by atoms with E-state index in [2.05, 4.69) is 64.7 Å². The lowest BCUT2D eigenvalue weighted by molar-refractivity contribution is -0.150. The Kier molecular flexibility index (Phi) is 14.8. The van der Waals surface area contributed by atoms with Crippen LogP contribution < -0.4 is 20.9 Å². The smallest absolute Gasteiger partial charge is 0.246 e. The van der Waals surface area contributed by atoms with Crippen LogP contribution in [-0.4, -0.2) is 159 Å². The Morgan fingerprint density at radius 2 is 1.43 bits per heavy atom. The Balaban J connectivity index is 0.693. The number of nitrogens with zero attached hydrogens (tertiary/aromatic N) is 7. The van der Waals surface area contributed by atoms with Crippen molar-refractivity contribution in [3.05, 3.63) is 65.7 Å². The number of phenols is 1. The zero-order valence-corrected chi connectivity index (χ0v) is 42.1. The summed E-state index contributed by atoms with van der Waals surface area (Å²) in [4.78, 5) is 53.8. The molecule has 2 aromatic carbocycles. The van der Waals surface area contributed by atoms with Crippen molar-refractivity contribution in [1.29, 1.82) is 0 Å². The summed E-state index contributed by atoms with van der Waals surface area (Å²) in [7, 11) is 0. The molecule has 376 valence electrons. The van der Waals surface area contributed by atoms with Crippen molar-refractivity contribution in [3.63, 3.8) is 0 Å². The molecule has 4 aliphatic heterocycles. The molecule has 1 spiro atoms. The van der Waals surface area contributed by atoms with E-state index in [-0.39, 0.29) is 53.8 Å². The average molecular weight is 957 g/mol. The van der Waals surface area contributed by atoms with Crippen molar-refractivity contribution in [2.45, 2.75) is 135 Å². The molecular formula is C55H76N10O5. The maximum atomic E-state index is 14.3. The van der Waals surface area contributed by atoms with Gasteiger partial charge in [-0.2, -0.15) is 0 Å². The number of piperidine rings is 2. The number of likely N-dealkylation sites (tertiary alicyclic amines) is 3. The summed E-state index contributed by atoms with van der Waals surface area (Å²) in [5.74, 6) is 2.74. The number of aromatic nitrogens is 2. The van der Waals surface area contributed by atoms with Crippen molar-refractivity contribution in [3.8, 4) is 29.4 Å². The van der Waals surface area contributed by atoms with E-state index < -0.39 is 23.6 Å². The third-order valence-corrected chi connectivity index (χ3v) is 16.8. The van der Waals surface area contributed by atoms with E-state index in [4.69, 9.17) is 6.42 Å². The highest BCUT2D eigenvalue weighted by Crippen LogP contribution is 2.60. The van der Waals surface area contributed by atoms with Gasteiger partial charge in [0, 0.05) is 80.9 Å². The average Bonchev–Trinajstić information content (AvgIpc) is 3.74. The normalized spacial score (nSPS) is 27.0. The number of nitrogens with one attached hydrogen (secondary N) is 3. The van der Waals surface area contributed by atoms with E-state index in [1.54, 1.807) is 6.07 Å². The van der Waals surface area contributed by atoms with E-state index in [9.17, 15) is 24.6 Å². The van der Waals surface area contributed by atoms with Crippen molar-refractivity contribution in [2.24, 2.45) is 16.7 Å². The van der Waals surface area contributed by atoms with Crippen LogP contribution in [0.3, 0.4) is 0 Å². The van der Waals surface area contributed by atoms with E-state index in [0.29, 0.717) is 29.4 Å². The first-order valence-corrected chi connectivity index (χ1v) is 26.1. The fourth-order valence-electron chi connectivity index (χ4n) is 12.6. The number of para-hydroxylation sites is 1. The maximum Gasteiger partial charge on any atom is 0.246 e. The molecule has 6 aliphatic rings. The molecule has 5 heterocycles. The molecule has 4 saturated heterocycles. The molecule has 3 amide bonds. The summed E-state index contributed by atoms with van der Waals surface area (Å²) < 4.78 is 0. The molecule has 6 fully saturated rings. The standard InChI is InChI=1S/C55H76N10O5/c1-7-37-13-15-38(16-14-37)36(3)57-52(69)47-29-43(66)35-65(47)53(70)49(54(4,5)6)58-51(68)39-31-55(32-39)33-42(34-55)62-23-19-40(20-24-62)61-21-17-41(18-22-61)63-25-27-64(28-26-63)46-30-45(59-60-50(46)56-8-2)44-11-9-10-12-48(44)67/h1,9-16,30,36,39-43,47,49,66-67H,8,17-29,31-35H2,2-6H3,(H,56,60)(H,57,69)(H,58,68)/t36-,39-,42-,43+,47-,49+,55?/m0/s1. The van der Waals surface area contributed by atoms with Crippen molar-refractivity contribution in [1.82, 2.24) is 40.4 Å². The number of benzene rings is 2.